The molecule has 1 N–H and O–H groups in total. The van der Waals surface area contributed by atoms with Gasteiger partial charge in [0.05, 0.1) is 16.8 Å². The van der Waals surface area contributed by atoms with Gasteiger partial charge in [0.1, 0.15) is 17.3 Å². The highest BCUT2D eigenvalue weighted by atomic mass is 16.5. The zero-order valence-corrected chi connectivity index (χ0v) is 15.9. The van der Waals surface area contributed by atoms with Crippen molar-refractivity contribution in [3.05, 3.63) is 71.2 Å². The maximum Gasteiger partial charge on any atom is 0.262 e. The van der Waals surface area contributed by atoms with Crippen LogP contribution in [0.25, 0.3) is 0 Å². The monoisotopic (exact) mass is 376 g/mol. The number of hydrogen-bond acceptors (Lipinski definition) is 4. The summed E-state index contributed by atoms with van der Waals surface area (Å²) >= 11 is 0. The van der Waals surface area contributed by atoms with Gasteiger partial charge < -0.3 is 19.4 Å². The van der Waals surface area contributed by atoms with Crippen LogP contribution in [-0.2, 0) is 0 Å². The van der Waals surface area contributed by atoms with Gasteiger partial charge in [-0.2, -0.15) is 0 Å². The van der Waals surface area contributed by atoms with Gasteiger partial charge in [-0.3, -0.25) is 9.59 Å². The molecule has 0 bridgehead atoms. The number of nitrogens with zero attached hydrogens (tertiary/aromatic N) is 1. The van der Waals surface area contributed by atoms with Crippen LogP contribution in [0.1, 0.15) is 39.2 Å². The number of ether oxygens (including phenoxy) is 1. The topological polar surface area (TPSA) is 71.8 Å². The van der Waals surface area contributed by atoms with E-state index in [1.807, 2.05) is 31.2 Å². The fraction of sp³-hybridized carbons (Fsp3) is 0.182. The first-order valence-corrected chi connectivity index (χ1v) is 9.09. The molecule has 28 heavy (non-hydrogen) atoms. The van der Waals surface area contributed by atoms with E-state index in [0.29, 0.717) is 46.4 Å². The van der Waals surface area contributed by atoms with Crippen LogP contribution in [-0.4, -0.2) is 18.4 Å². The Morgan fingerprint density at radius 1 is 1.07 bits per heavy atom. The molecule has 1 aliphatic rings. The lowest BCUT2D eigenvalue weighted by atomic mass is 10.1. The summed E-state index contributed by atoms with van der Waals surface area (Å²) in [5.41, 5.74) is 2.11. The summed E-state index contributed by atoms with van der Waals surface area (Å²) in [6, 6.07) is 14.2. The summed E-state index contributed by atoms with van der Waals surface area (Å²) in [6.45, 7) is 5.95. The number of fused-ring (bicyclic) bond motifs is 2. The Balaban J connectivity index is 1.69. The number of carbonyl (C=O) groups excluding carboxylic acids is 2. The quantitative estimate of drug-likeness (QED) is 0.704. The lowest BCUT2D eigenvalue weighted by molar-refractivity contribution is 0.0985. The van der Waals surface area contributed by atoms with Crippen molar-refractivity contribution in [2.24, 2.45) is 0 Å². The SMILES string of the molecule is CCN1C(=O)c2cc(NC(=O)c3cc(C)oc3C)ccc2Oc2ccccc21. The fourth-order valence-electron chi connectivity index (χ4n) is 3.37. The maximum absolute atomic E-state index is 13.1. The third kappa shape index (κ3) is 3.03. The van der Waals surface area contributed by atoms with E-state index in [4.69, 9.17) is 9.15 Å². The number of nitrogens with one attached hydrogen (secondary N) is 1. The zero-order valence-electron chi connectivity index (χ0n) is 15.9. The molecule has 0 saturated carbocycles. The second kappa shape index (κ2) is 6.88. The first-order chi connectivity index (χ1) is 13.5. The largest absolute Gasteiger partial charge is 0.466 e. The predicted molar refractivity (Wildman–Crippen MR) is 106 cm³/mol. The van der Waals surface area contributed by atoms with Crippen LogP contribution in [0.15, 0.2) is 52.9 Å². The number of carbonyl (C=O) groups is 2. The molecule has 0 atom stereocenters. The molecule has 2 aromatic carbocycles. The summed E-state index contributed by atoms with van der Waals surface area (Å²) < 4.78 is 11.4. The van der Waals surface area contributed by atoms with Crippen LogP contribution < -0.4 is 15.0 Å². The van der Waals surface area contributed by atoms with Crippen LogP contribution in [0.4, 0.5) is 11.4 Å². The third-order valence-corrected chi connectivity index (χ3v) is 4.69. The molecule has 142 valence electrons. The Morgan fingerprint density at radius 2 is 1.86 bits per heavy atom. The lowest BCUT2D eigenvalue weighted by Crippen LogP contribution is -2.29. The van der Waals surface area contributed by atoms with Crippen LogP contribution in [0.3, 0.4) is 0 Å². The minimum Gasteiger partial charge on any atom is -0.466 e. The van der Waals surface area contributed by atoms with E-state index >= 15 is 0 Å². The molecule has 2 amide bonds. The normalized spacial score (nSPS) is 12.7. The number of aryl methyl sites for hydroxylation is 2. The van der Waals surface area contributed by atoms with Crippen molar-refractivity contribution in [3.63, 3.8) is 0 Å². The molecular formula is C22H20N2O4. The van der Waals surface area contributed by atoms with E-state index < -0.39 is 0 Å². The highest BCUT2D eigenvalue weighted by molar-refractivity contribution is 6.11. The Bertz CT molecular complexity index is 1080. The number of amides is 2. The van der Waals surface area contributed by atoms with E-state index in [9.17, 15) is 9.59 Å². The number of hydrogen-bond donors (Lipinski definition) is 1. The zero-order chi connectivity index (χ0) is 19.8. The van der Waals surface area contributed by atoms with Crippen molar-refractivity contribution in [1.82, 2.24) is 0 Å². The van der Waals surface area contributed by atoms with Gasteiger partial charge in [0.15, 0.2) is 5.75 Å². The van der Waals surface area contributed by atoms with Crippen molar-refractivity contribution in [1.29, 1.82) is 0 Å². The second-order valence-corrected chi connectivity index (χ2v) is 6.61. The number of anilines is 2. The van der Waals surface area contributed by atoms with Crippen LogP contribution in [0.2, 0.25) is 0 Å². The Kier molecular flexibility index (Phi) is 4.39. The minimum absolute atomic E-state index is 0.172. The molecule has 0 radical (unpaired) electrons. The summed E-state index contributed by atoms with van der Waals surface area (Å²) in [7, 11) is 0. The molecule has 0 aliphatic carbocycles. The van der Waals surface area contributed by atoms with Gasteiger partial charge in [-0.25, -0.2) is 0 Å². The lowest BCUT2D eigenvalue weighted by Gasteiger charge is -2.19. The van der Waals surface area contributed by atoms with Gasteiger partial charge in [-0.1, -0.05) is 12.1 Å². The smallest absolute Gasteiger partial charge is 0.262 e. The van der Waals surface area contributed by atoms with Gasteiger partial charge in [0.2, 0.25) is 0 Å². The van der Waals surface area contributed by atoms with Gasteiger partial charge in [-0.05, 0) is 57.2 Å². The highest BCUT2D eigenvalue weighted by Crippen LogP contribution is 2.39. The van der Waals surface area contributed by atoms with E-state index in [2.05, 4.69) is 5.32 Å². The summed E-state index contributed by atoms with van der Waals surface area (Å²) in [6.07, 6.45) is 0. The molecule has 1 aliphatic heterocycles. The molecule has 3 aromatic rings. The molecule has 0 unspecified atom stereocenters. The molecule has 6 heteroatoms. The van der Waals surface area contributed by atoms with Crippen molar-refractivity contribution >= 4 is 23.2 Å². The molecule has 0 saturated heterocycles. The standard InChI is InChI=1S/C22H20N2O4/c1-4-24-18-7-5-6-8-20(18)28-19-10-9-15(12-17(19)22(24)26)23-21(25)16-11-13(2)27-14(16)3/h5-12H,4H2,1-3H3,(H,23,25). The Labute approximate surface area is 162 Å². The molecular weight excluding hydrogens is 356 g/mol. The number of para-hydroxylation sites is 2. The third-order valence-electron chi connectivity index (χ3n) is 4.69. The van der Waals surface area contributed by atoms with Gasteiger partial charge in [-0.15, -0.1) is 0 Å². The van der Waals surface area contributed by atoms with Crippen molar-refractivity contribution < 1.29 is 18.7 Å². The van der Waals surface area contributed by atoms with E-state index in [1.165, 1.54) is 0 Å². The van der Waals surface area contributed by atoms with Gasteiger partial charge >= 0.3 is 0 Å². The molecule has 2 heterocycles. The maximum atomic E-state index is 13.1. The van der Waals surface area contributed by atoms with Crippen molar-refractivity contribution in [3.8, 4) is 11.5 Å². The molecule has 4 rings (SSSR count). The number of benzene rings is 2. The molecule has 0 fully saturated rings. The minimum atomic E-state index is -0.285. The van der Waals surface area contributed by atoms with Crippen molar-refractivity contribution in [2.75, 3.05) is 16.8 Å². The van der Waals surface area contributed by atoms with Gasteiger partial charge in [0, 0.05) is 12.2 Å². The van der Waals surface area contributed by atoms with Crippen LogP contribution in [0, 0.1) is 13.8 Å². The first kappa shape index (κ1) is 17.9. The second-order valence-electron chi connectivity index (χ2n) is 6.61. The summed E-state index contributed by atoms with van der Waals surface area (Å²) in [5, 5.41) is 2.83. The average molecular weight is 376 g/mol. The molecule has 6 nitrogen and oxygen atoms in total. The Morgan fingerprint density at radius 3 is 2.57 bits per heavy atom. The summed E-state index contributed by atoms with van der Waals surface area (Å²) in [5.74, 6) is 1.85. The number of furan rings is 1. The predicted octanol–water partition coefficient (Wildman–Crippen LogP) is 4.92. The highest BCUT2D eigenvalue weighted by Gasteiger charge is 2.27. The van der Waals surface area contributed by atoms with Crippen LogP contribution in [0.5, 0.6) is 11.5 Å². The van der Waals surface area contributed by atoms with Crippen LogP contribution >= 0.6 is 0 Å². The number of rotatable bonds is 3. The molecule has 1 aromatic heterocycles. The first-order valence-electron chi connectivity index (χ1n) is 9.09. The fourth-order valence-corrected chi connectivity index (χ4v) is 3.37. The Hall–Kier alpha value is -3.54. The average Bonchev–Trinajstić information content (AvgIpc) is 2.96. The van der Waals surface area contributed by atoms with Gasteiger partial charge in [0.25, 0.3) is 11.8 Å². The van der Waals surface area contributed by atoms with E-state index in [-0.39, 0.29) is 11.8 Å². The van der Waals surface area contributed by atoms with Crippen molar-refractivity contribution in [2.45, 2.75) is 20.8 Å². The van der Waals surface area contributed by atoms with E-state index in [1.54, 1.807) is 43.0 Å². The summed E-state index contributed by atoms with van der Waals surface area (Å²) in [4.78, 5) is 27.3. The molecule has 0 spiro atoms. The van der Waals surface area contributed by atoms with E-state index in [0.717, 1.165) is 5.69 Å².